The number of carbonyl (C=O) groups is 2. The van der Waals surface area contributed by atoms with E-state index in [-0.39, 0.29) is 24.5 Å². The number of hydrogen-bond donors (Lipinski definition) is 4. The van der Waals surface area contributed by atoms with Gasteiger partial charge in [-0.25, -0.2) is 9.59 Å². The molecule has 2 rings (SSSR count). The number of amides is 1. The van der Waals surface area contributed by atoms with E-state index in [0.717, 1.165) is 0 Å². The van der Waals surface area contributed by atoms with Crippen molar-refractivity contribution in [3.05, 3.63) is 63.7 Å². The van der Waals surface area contributed by atoms with Gasteiger partial charge < -0.3 is 30.2 Å². The molecule has 0 radical (unpaired) electrons. The second-order valence-electron chi connectivity index (χ2n) is 6.29. The van der Waals surface area contributed by atoms with Gasteiger partial charge in [-0.2, -0.15) is 0 Å². The zero-order valence-corrected chi connectivity index (χ0v) is 15.2. The van der Waals surface area contributed by atoms with E-state index in [9.17, 15) is 35.0 Å². The molecule has 0 saturated carbocycles. The number of aliphatic carboxylic acids is 1. The number of rotatable bonds is 8. The maximum absolute atomic E-state index is 12.1. The lowest BCUT2D eigenvalue weighted by molar-refractivity contribution is -0.763. The molecule has 0 aliphatic carbocycles. The quantitative estimate of drug-likeness (QED) is 0.291. The number of carboxylic acids is 1. The fourth-order valence-corrected chi connectivity index (χ4v) is 2.40. The van der Waals surface area contributed by atoms with Crippen molar-refractivity contribution in [3.8, 4) is 17.2 Å². The van der Waals surface area contributed by atoms with Crippen LogP contribution in [0.25, 0.3) is 0 Å². The predicted molar refractivity (Wildman–Crippen MR) is 96.9 cm³/mol. The van der Waals surface area contributed by atoms with Crippen molar-refractivity contribution in [2.45, 2.75) is 25.5 Å². The maximum atomic E-state index is 12.1. The minimum atomic E-state index is -1.76. The molecule has 0 aromatic heterocycles. The van der Waals surface area contributed by atoms with Gasteiger partial charge in [0.25, 0.3) is 5.09 Å². The number of aromatic hydroxyl groups is 2. The Bertz CT molecular complexity index is 914. The summed E-state index contributed by atoms with van der Waals surface area (Å²) in [5.74, 6) is -2.03. The van der Waals surface area contributed by atoms with Crippen LogP contribution in [0, 0.1) is 10.1 Å². The molecule has 0 saturated heterocycles. The second kappa shape index (κ2) is 8.78. The molecule has 0 aliphatic rings. The summed E-state index contributed by atoms with van der Waals surface area (Å²) in [4.78, 5) is 38.2. The topological polar surface area (TPSA) is 168 Å². The third-order valence-electron chi connectivity index (χ3n) is 3.92. The summed E-state index contributed by atoms with van der Waals surface area (Å²) in [5.41, 5.74) is -0.933. The number of ether oxygens (including phenoxy) is 1. The molecule has 29 heavy (non-hydrogen) atoms. The van der Waals surface area contributed by atoms with Crippen molar-refractivity contribution >= 4 is 12.1 Å². The highest BCUT2D eigenvalue weighted by Crippen LogP contribution is 2.27. The number of phenols is 2. The lowest BCUT2D eigenvalue weighted by Crippen LogP contribution is -2.54. The van der Waals surface area contributed by atoms with Gasteiger partial charge in [0.1, 0.15) is 17.9 Å². The van der Waals surface area contributed by atoms with Gasteiger partial charge in [-0.15, -0.1) is 10.1 Å². The van der Waals surface area contributed by atoms with Crippen LogP contribution >= 0.6 is 0 Å². The Balaban J connectivity index is 2.04. The van der Waals surface area contributed by atoms with Gasteiger partial charge in [-0.1, -0.05) is 18.2 Å². The van der Waals surface area contributed by atoms with Gasteiger partial charge in [-0.3, -0.25) is 0 Å². The average molecular weight is 406 g/mol. The minimum Gasteiger partial charge on any atom is -0.504 e. The molecule has 4 N–H and O–H groups in total. The van der Waals surface area contributed by atoms with Crippen LogP contribution < -0.4 is 10.1 Å². The van der Waals surface area contributed by atoms with Gasteiger partial charge in [0.05, 0.1) is 0 Å². The highest BCUT2D eigenvalue weighted by atomic mass is 16.9. The van der Waals surface area contributed by atoms with E-state index in [1.54, 1.807) is 0 Å². The Morgan fingerprint density at radius 1 is 1.10 bits per heavy atom. The van der Waals surface area contributed by atoms with Crippen molar-refractivity contribution in [1.29, 1.82) is 0 Å². The van der Waals surface area contributed by atoms with E-state index in [2.05, 4.69) is 10.2 Å². The average Bonchev–Trinajstić information content (AvgIpc) is 2.64. The molecule has 0 bridgehead atoms. The zero-order chi connectivity index (χ0) is 21.6. The van der Waals surface area contributed by atoms with Gasteiger partial charge >= 0.3 is 12.1 Å². The monoisotopic (exact) mass is 406 g/mol. The summed E-state index contributed by atoms with van der Waals surface area (Å²) in [6.45, 7) is 0.995. The molecule has 0 aliphatic heterocycles. The Kier molecular flexibility index (Phi) is 6.44. The van der Waals surface area contributed by atoms with Crippen molar-refractivity contribution in [2.75, 3.05) is 0 Å². The molecular formula is C18H18N2O9. The smallest absolute Gasteiger partial charge is 0.413 e. The number of carbonyl (C=O) groups excluding carboxylic acids is 1. The number of nitrogens with one attached hydrogen (secondary N) is 1. The molecular weight excluding hydrogens is 388 g/mol. The van der Waals surface area contributed by atoms with E-state index in [1.165, 1.54) is 49.4 Å². The van der Waals surface area contributed by atoms with Crippen molar-refractivity contribution in [3.63, 3.8) is 0 Å². The molecule has 11 nitrogen and oxygen atoms in total. The van der Waals surface area contributed by atoms with E-state index >= 15 is 0 Å². The molecule has 0 fully saturated rings. The lowest BCUT2D eigenvalue weighted by Gasteiger charge is -2.26. The lowest BCUT2D eigenvalue weighted by atomic mass is 9.93. The summed E-state index contributed by atoms with van der Waals surface area (Å²) < 4.78 is 5.04. The summed E-state index contributed by atoms with van der Waals surface area (Å²) >= 11 is 0. The Morgan fingerprint density at radius 3 is 2.28 bits per heavy atom. The molecule has 2 aromatic rings. The Labute approximate surface area is 164 Å². The highest BCUT2D eigenvalue weighted by molar-refractivity contribution is 5.85. The molecule has 1 atom stereocenters. The molecule has 1 amide bonds. The first-order valence-corrected chi connectivity index (χ1v) is 8.19. The number of carboxylic acid groups (broad SMARTS) is 1. The van der Waals surface area contributed by atoms with Crippen LogP contribution in [0.4, 0.5) is 4.79 Å². The van der Waals surface area contributed by atoms with Crippen LogP contribution in [-0.2, 0) is 22.7 Å². The zero-order valence-electron chi connectivity index (χ0n) is 15.2. The number of hydrogen-bond acceptors (Lipinski definition) is 8. The third kappa shape index (κ3) is 5.99. The van der Waals surface area contributed by atoms with Crippen LogP contribution in [0.15, 0.2) is 42.5 Å². The van der Waals surface area contributed by atoms with E-state index in [4.69, 9.17) is 4.74 Å². The summed E-state index contributed by atoms with van der Waals surface area (Å²) in [7, 11) is 0. The van der Waals surface area contributed by atoms with Gasteiger partial charge in [0.15, 0.2) is 11.5 Å². The first kappa shape index (κ1) is 21.3. The normalized spacial score (nSPS) is 12.4. The maximum Gasteiger partial charge on any atom is 0.413 e. The minimum absolute atomic E-state index is 0.0855. The Morgan fingerprint density at radius 2 is 1.72 bits per heavy atom. The summed E-state index contributed by atoms with van der Waals surface area (Å²) in [5, 5.41) is 39.9. The standard InChI is InChI=1S/C18H18N2O9/c1-18(16(23)24,9-12-4-7-14(21)15(22)8-12)19-17(25)29-13-5-2-11(3-6-13)10-28-20(26)27/h2-8,21-22H,9-10H2,1H3,(H,19,25)(H,23,24). The summed E-state index contributed by atoms with van der Waals surface area (Å²) in [6, 6.07) is 9.44. The number of nitrogens with zero attached hydrogens (tertiary/aromatic N) is 1. The predicted octanol–water partition coefficient (Wildman–Crippen LogP) is 1.98. The van der Waals surface area contributed by atoms with Crippen molar-refractivity contribution < 1.29 is 39.6 Å². The van der Waals surface area contributed by atoms with Crippen LogP contribution in [0.3, 0.4) is 0 Å². The molecule has 2 aromatic carbocycles. The first-order chi connectivity index (χ1) is 13.6. The van der Waals surface area contributed by atoms with E-state index < -0.39 is 28.4 Å². The number of phenolic OH excluding ortho intramolecular Hbond substituents is 2. The second-order valence-corrected chi connectivity index (χ2v) is 6.29. The molecule has 0 spiro atoms. The molecule has 1 unspecified atom stereocenters. The van der Waals surface area contributed by atoms with Crippen LogP contribution in [0.1, 0.15) is 18.1 Å². The third-order valence-corrected chi connectivity index (χ3v) is 3.92. The first-order valence-electron chi connectivity index (χ1n) is 8.19. The van der Waals surface area contributed by atoms with Crippen LogP contribution in [0.5, 0.6) is 17.2 Å². The van der Waals surface area contributed by atoms with Crippen LogP contribution in [-0.4, -0.2) is 38.0 Å². The molecule has 154 valence electrons. The fraction of sp³-hybridized carbons (Fsp3) is 0.222. The van der Waals surface area contributed by atoms with E-state index in [1.807, 2.05) is 0 Å². The highest BCUT2D eigenvalue weighted by Gasteiger charge is 2.36. The van der Waals surface area contributed by atoms with E-state index in [0.29, 0.717) is 11.1 Å². The van der Waals surface area contributed by atoms with Gasteiger partial charge in [0.2, 0.25) is 0 Å². The molecule has 0 heterocycles. The van der Waals surface area contributed by atoms with Gasteiger partial charge in [-0.05, 0) is 42.3 Å². The van der Waals surface area contributed by atoms with Crippen molar-refractivity contribution in [2.24, 2.45) is 0 Å². The van der Waals surface area contributed by atoms with Gasteiger partial charge in [0, 0.05) is 6.42 Å². The summed E-state index contributed by atoms with van der Waals surface area (Å²) in [6.07, 6.45) is -1.23. The van der Waals surface area contributed by atoms with Crippen molar-refractivity contribution in [1.82, 2.24) is 5.32 Å². The molecule has 11 heteroatoms. The largest absolute Gasteiger partial charge is 0.504 e. The number of benzene rings is 2. The Hall–Kier alpha value is -4.02. The van der Waals surface area contributed by atoms with Crippen LogP contribution in [0.2, 0.25) is 0 Å². The fourth-order valence-electron chi connectivity index (χ4n) is 2.40. The SMILES string of the molecule is CC(Cc1ccc(O)c(O)c1)(NC(=O)Oc1ccc(CO[N+](=O)[O-])cc1)C(=O)O.